The maximum Gasteiger partial charge on any atom is 0.241 e. The van der Waals surface area contributed by atoms with Gasteiger partial charge < -0.3 is 9.47 Å². The van der Waals surface area contributed by atoms with Gasteiger partial charge in [0.15, 0.2) is 11.5 Å². The highest BCUT2D eigenvalue weighted by Crippen LogP contribution is 2.34. The first-order valence-corrected chi connectivity index (χ1v) is 11.9. The largest absolute Gasteiger partial charge is 0.490 e. The fraction of sp³-hybridized carbons (Fsp3) is 0.280. The van der Waals surface area contributed by atoms with E-state index in [0.29, 0.717) is 36.0 Å². The van der Waals surface area contributed by atoms with Gasteiger partial charge in [-0.1, -0.05) is 48.5 Å². The number of sulfonamides is 1. The first-order valence-electron chi connectivity index (χ1n) is 10.5. The molecule has 5 nitrogen and oxygen atoms in total. The minimum atomic E-state index is -3.73. The number of hydrogen-bond acceptors (Lipinski definition) is 4. The van der Waals surface area contributed by atoms with Crippen molar-refractivity contribution in [1.82, 2.24) is 4.72 Å². The molecule has 1 aliphatic rings. The van der Waals surface area contributed by atoms with Crippen molar-refractivity contribution in [2.45, 2.75) is 37.6 Å². The second-order valence-corrected chi connectivity index (χ2v) is 9.50. The molecular weight excluding hydrogens is 410 g/mol. The van der Waals surface area contributed by atoms with Gasteiger partial charge in [-0.15, -0.1) is 0 Å². The monoisotopic (exact) mass is 437 g/mol. The molecule has 0 amide bonds. The predicted octanol–water partition coefficient (Wildman–Crippen LogP) is 4.73. The van der Waals surface area contributed by atoms with Crippen molar-refractivity contribution < 1.29 is 17.9 Å². The third-order valence-electron chi connectivity index (χ3n) is 5.60. The topological polar surface area (TPSA) is 64.6 Å². The van der Waals surface area contributed by atoms with E-state index < -0.39 is 16.1 Å². The summed E-state index contributed by atoms with van der Waals surface area (Å²) >= 11 is 0. The van der Waals surface area contributed by atoms with Gasteiger partial charge in [-0.2, -0.15) is 0 Å². The summed E-state index contributed by atoms with van der Waals surface area (Å²) in [5.41, 5.74) is 3.58. The molecule has 0 fully saturated rings. The van der Waals surface area contributed by atoms with E-state index in [4.69, 9.17) is 9.47 Å². The second kappa shape index (κ2) is 9.12. The molecular formula is C25H27NO4S. The van der Waals surface area contributed by atoms with Gasteiger partial charge in [0.1, 0.15) is 0 Å². The van der Waals surface area contributed by atoms with Crippen molar-refractivity contribution in [3.63, 3.8) is 0 Å². The molecule has 0 saturated carbocycles. The SMILES string of the molecule is Cc1cccc(S(=O)(=O)NC(Cc2ccccc2)c2ccc3c(c2)OCCCO3)c1C. The molecule has 0 aliphatic carbocycles. The van der Waals surface area contributed by atoms with E-state index in [0.717, 1.165) is 28.7 Å². The Bertz CT molecular complexity index is 1160. The number of rotatable bonds is 6. The molecule has 0 aromatic heterocycles. The summed E-state index contributed by atoms with van der Waals surface area (Å²) in [4.78, 5) is 0.305. The summed E-state index contributed by atoms with van der Waals surface area (Å²) in [6, 6.07) is 20.4. The first-order chi connectivity index (χ1) is 14.9. The molecule has 1 unspecified atom stereocenters. The fourth-order valence-corrected chi connectivity index (χ4v) is 5.28. The van der Waals surface area contributed by atoms with Gasteiger partial charge in [0, 0.05) is 6.42 Å². The molecule has 3 aromatic carbocycles. The molecule has 6 heteroatoms. The summed E-state index contributed by atoms with van der Waals surface area (Å²) in [6.45, 7) is 4.94. The summed E-state index contributed by atoms with van der Waals surface area (Å²) in [6.07, 6.45) is 1.33. The molecule has 1 aliphatic heterocycles. The quantitative estimate of drug-likeness (QED) is 0.606. The van der Waals surface area contributed by atoms with Gasteiger partial charge in [-0.05, 0) is 60.7 Å². The van der Waals surface area contributed by atoms with E-state index in [1.165, 1.54) is 0 Å². The summed E-state index contributed by atoms with van der Waals surface area (Å²) in [5.74, 6) is 1.34. The van der Waals surface area contributed by atoms with Crippen LogP contribution >= 0.6 is 0 Å². The molecule has 31 heavy (non-hydrogen) atoms. The van der Waals surface area contributed by atoms with E-state index in [9.17, 15) is 8.42 Å². The zero-order chi connectivity index (χ0) is 21.8. The molecule has 0 bridgehead atoms. The molecule has 0 saturated heterocycles. The van der Waals surface area contributed by atoms with Crippen molar-refractivity contribution in [2.75, 3.05) is 13.2 Å². The minimum Gasteiger partial charge on any atom is -0.490 e. The molecule has 1 atom stereocenters. The summed E-state index contributed by atoms with van der Waals surface area (Å²) in [5, 5.41) is 0. The van der Waals surface area contributed by atoms with E-state index in [1.54, 1.807) is 12.1 Å². The van der Waals surface area contributed by atoms with Crippen LogP contribution in [-0.4, -0.2) is 21.6 Å². The molecule has 0 radical (unpaired) electrons. The van der Waals surface area contributed by atoms with Crippen LogP contribution in [0, 0.1) is 13.8 Å². The van der Waals surface area contributed by atoms with E-state index >= 15 is 0 Å². The average Bonchev–Trinajstić information content (AvgIpc) is 3.00. The van der Waals surface area contributed by atoms with Crippen LogP contribution in [0.2, 0.25) is 0 Å². The third kappa shape index (κ3) is 4.92. The minimum absolute atomic E-state index is 0.305. The predicted molar refractivity (Wildman–Crippen MR) is 121 cm³/mol. The molecule has 4 rings (SSSR count). The number of hydrogen-bond donors (Lipinski definition) is 1. The van der Waals surface area contributed by atoms with Crippen molar-refractivity contribution in [3.8, 4) is 11.5 Å². The van der Waals surface area contributed by atoms with Gasteiger partial charge in [0.2, 0.25) is 10.0 Å². The van der Waals surface area contributed by atoms with E-state index in [2.05, 4.69) is 4.72 Å². The van der Waals surface area contributed by atoms with Crippen LogP contribution < -0.4 is 14.2 Å². The van der Waals surface area contributed by atoms with Gasteiger partial charge >= 0.3 is 0 Å². The zero-order valence-electron chi connectivity index (χ0n) is 17.8. The van der Waals surface area contributed by atoms with Crippen molar-refractivity contribution in [3.05, 3.63) is 89.0 Å². The number of ether oxygens (including phenoxy) is 2. The van der Waals surface area contributed by atoms with Crippen LogP contribution in [0.15, 0.2) is 71.6 Å². The Morgan fingerprint density at radius 2 is 1.65 bits per heavy atom. The van der Waals surface area contributed by atoms with Crippen LogP contribution in [-0.2, 0) is 16.4 Å². The third-order valence-corrected chi connectivity index (χ3v) is 7.21. The fourth-order valence-electron chi connectivity index (χ4n) is 3.74. The lowest BCUT2D eigenvalue weighted by molar-refractivity contribution is 0.297. The van der Waals surface area contributed by atoms with Gasteiger partial charge in [-0.3, -0.25) is 0 Å². The van der Waals surface area contributed by atoms with E-state index in [-0.39, 0.29) is 0 Å². The lowest BCUT2D eigenvalue weighted by Gasteiger charge is -2.22. The van der Waals surface area contributed by atoms with Gasteiger partial charge in [0.05, 0.1) is 24.2 Å². The highest BCUT2D eigenvalue weighted by molar-refractivity contribution is 7.89. The molecule has 3 aromatic rings. The number of aryl methyl sites for hydroxylation is 1. The highest BCUT2D eigenvalue weighted by atomic mass is 32.2. The van der Waals surface area contributed by atoms with Crippen LogP contribution in [0.4, 0.5) is 0 Å². The number of benzene rings is 3. The summed E-state index contributed by atoms with van der Waals surface area (Å²) in [7, 11) is -3.73. The molecule has 1 N–H and O–H groups in total. The number of fused-ring (bicyclic) bond motifs is 1. The Morgan fingerprint density at radius 3 is 2.42 bits per heavy atom. The van der Waals surface area contributed by atoms with Crippen LogP contribution in [0.1, 0.15) is 34.7 Å². The molecule has 162 valence electrons. The van der Waals surface area contributed by atoms with E-state index in [1.807, 2.05) is 68.4 Å². The maximum absolute atomic E-state index is 13.4. The van der Waals surface area contributed by atoms with Crippen LogP contribution in [0.5, 0.6) is 11.5 Å². The standard InChI is InChI=1S/C25H27NO4S/c1-18-8-6-11-25(19(18)2)31(27,28)26-22(16-20-9-4-3-5-10-20)21-12-13-23-24(17-21)30-15-7-14-29-23/h3-6,8-13,17,22,26H,7,14-16H2,1-2H3. The second-order valence-electron chi connectivity index (χ2n) is 7.82. The van der Waals surface area contributed by atoms with Crippen molar-refractivity contribution in [1.29, 1.82) is 0 Å². The lowest BCUT2D eigenvalue weighted by atomic mass is 9.99. The van der Waals surface area contributed by atoms with Gasteiger partial charge in [-0.25, -0.2) is 13.1 Å². The Hall–Kier alpha value is -2.83. The normalized spacial score (nSPS) is 14.6. The smallest absolute Gasteiger partial charge is 0.241 e. The molecule has 0 spiro atoms. The maximum atomic E-state index is 13.4. The van der Waals surface area contributed by atoms with Crippen molar-refractivity contribution >= 4 is 10.0 Å². The Morgan fingerprint density at radius 1 is 0.903 bits per heavy atom. The van der Waals surface area contributed by atoms with Crippen molar-refractivity contribution in [2.24, 2.45) is 0 Å². The number of nitrogens with one attached hydrogen (secondary N) is 1. The highest BCUT2D eigenvalue weighted by Gasteiger charge is 2.25. The average molecular weight is 438 g/mol. The van der Waals surface area contributed by atoms with Crippen LogP contribution in [0.3, 0.4) is 0 Å². The van der Waals surface area contributed by atoms with Crippen LogP contribution in [0.25, 0.3) is 0 Å². The first kappa shape index (κ1) is 21.4. The zero-order valence-corrected chi connectivity index (χ0v) is 18.6. The Kier molecular flexibility index (Phi) is 6.30. The lowest BCUT2D eigenvalue weighted by Crippen LogP contribution is -2.30. The van der Waals surface area contributed by atoms with Gasteiger partial charge in [0.25, 0.3) is 0 Å². The molecule has 1 heterocycles. The summed E-state index contributed by atoms with van der Waals surface area (Å²) < 4.78 is 41.2. The Balaban J connectivity index is 1.71. The Labute approximate surface area is 184 Å².